The van der Waals surface area contributed by atoms with Gasteiger partial charge < -0.3 is 18.7 Å². The van der Waals surface area contributed by atoms with Gasteiger partial charge in [0, 0.05) is 31.5 Å². The van der Waals surface area contributed by atoms with Crippen LogP contribution in [-0.2, 0) is 14.8 Å². The van der Waals surface area contributed by atoms with Crippen molar-refractivity contribution in [3.8, 4) is 28.7 Å². The molecule has 2 atom stereocenters. The molecule has 0 aliphatic heterocycles. The first-order chi connectivity index (χ1) is 18.8. The molecule has 0 spiro atoms. The Balaban J connectivity index is 1.59. The molecule has 3 aromatic heterocycles. The lowest BCUT2D eigenvalue weighted by Gasteiger charge is -2.22. The van der Waals surface area contributed by atoms with E-state index in [1.165, 1.54) is 32.8 Å². The lowest BCUT2D eigenvalue weighted by molar-refractivity contribution is 0.0949. The molecule has 13 nitrogen and oxygen atoms in total. The van der Waals surface area contributed by atoms with E-state index in [1.54, 1.807) is 36.7 Å². The number of benzene rings is 1. The summed E-state index contributed by atoms with van der Waals surface area (Å²) < 4.78 is 53.6. The van der Waals surface area contributed by atoms with E-state index in [4.69, 9.17) is 18.7 Å². The molecule has 1 aliphatic carbocycles. The zero-order valence-corrected chi connectivity index (χ0v) is 23.0. The highest BCUT2D eigenvalue weighted by Gasteiger charge is 2.36. The van der Waals surface area contributed by atoms with Crippen LogP contribution in [0.4, 0.5) is 5.95 Å². The third-order valence-electron chi connectivity index (χ3n) is 6.48. The van der Waals surface area contributed by atoms with Gasteiger partial charge in [-0.15, -0.1) is 10.2 Å². The van der Waals surface area contributed by atoms with Crippen molar-refractivity contribution in [1.82, 2.24) is 29.9 Å². The van der Waals surface area contributed by atoms with E-state index in [-0.39, 0.29) is 17.6 Å². The molecule has 1 fully saturated rings. The van der Waals surface area contributed by atoms with Crippen molar-refractivity contribution in [1.29, 1.82) is 0 Å². The minimum Gasteiger partial charge on any atom is -0.494 e. The van der Waals surface area contributed by atoms with Gasteiger partial charge in [0.2, 0.25) is 16.0 Å². The van der Waals surface area contributed by atoms with Crippen molar-refractivity contribution in [2.24, 2.45) is 0 Å². The first kappa shape index (κ1) is 26.6. The summed E-state index contributed by atoms with van der Waals surface area (Å²) in [6, 6.07) is 6.98. The van der Waals surface area contributed by atoms with Crippen molar-refractivity contribution in [3.05, 3.63) is 53.8 Å². The van der Waals surface area contributed by atoms with Crippen molar-refractivity contribution < 1.29 is 27.2 Å². The van der Waals surface area contributed by atoms with Crippen molar-refractivity contribution in [2.45, 2.75) is 44.0 Å². The number of anilines is 1. The van der Waals surface area contributed by atoms with Crippen molar-refractivity contribution in [2.75, 3.05) is 26.1 Å². The minimum atomic E-state index is -4.12. The molecule has 0 amide bonds. The van der Waals surface area contributed by atoms with Crippen LogP contribution >= 0.6 is 0 Å². The Morgan fingerprint density at radius 1 is 1.08 bits per heavy atom. The standard InChI is InChI=1S/C25H29N7O6S/c1-14-12-26-23(27-13-14)22(37-5)15(2)39(33,34)31-25-29-28-24(17-11-20(38-30-17)16-9-10-16)32(25)21-18(35-3)7-6-8-19(21)36-4/h6-8,11-13,15-16,22H,9-10H2,1-5H3,(H,29,31)/t15-,22-/m0/s1. The number of nitrogens with zero attached hydrogens (tertiary/aromatic N) is 6. The summed E-state index contributed by atoms with van der Waals surface area (Å²) in [5, 5.41) is 11.5. The summed E-state index contributed by atoms with van der Waals surface area (Å²) in [7, 11) is 0.282. The van der Waals surface area contributed by atoms with Crippen LogP contribution in [0.1, 0.15) is 48.9 Å². The number of methoxy groups -OCH3 is 3. The zero-order valence-electron chi connectivity index (χ0n) is 22.2. The zero-order chi connectivity index (χ0) is 27.7. The Hall–Kier alpha value is -4.04. The maximum absolute atomic E-state index is 13.7. The highest BCUT2D eigenvalue weighted by Crippen LogP contribution is 2.42. The summed E-state index contributed by atoms with van der Waals surface area (Å²) in [5.74, 6) is 2.24. The van der Waals surface area contributed by atoms with Gasteiger partial charge in [-0.2, -0.15) is 0 Å². The first-order valence-electron chi connectivity index (χ1n) is 12.2. The highest BCUT2D eigenvalue weighted by molar-refractivity contribution is 7.93. The molecular formula is C25H29N7O6S. The van der Waals surface area contributed by atoms with E-state index < -0.39 is 21.4 Å². The number of hydrogen-bond acceptors (Lipinski definition) is 11. The van der Waals surface area contributed by atoms with E-state index in [0.29, 0.717) is 28.8 Å². The monoisotopic (exact) mass is 555 g/mol. The molecule has 1 saturated carbocycles. The maximum atomic E-state index is 13.7. The number of sulfonamides is 1. The van der Waals surface area contributed by atoms with Gasteiger partial charge in [0.1, 0.15) is 34.3 Å². The first-order valence-corrected chi connectivity index (χ1v) is 13.8. The molecule has 14 heteroatoms. The summed E-state index contributed by atoms with van der Waals surface area (Å²) in [6.07, 6.45) is 4.31. The Bertz CT molecular complexity index is 1540. The van der Waals surface area contributed by atoms with E-state index in [9.17, 15) is 8.42 Å². The molecule has 1 N–H and O–H groups in total. The second-order valence-electron chi connectivity index (χ2n) is 9.21. The second-order valence-corrected chi connectivity index (χ2v) is 11.2. The van der Waals surface area contributed by atoms with E-state index in [1.807, 2.05) is 6.92 Å². The lowest BCUT2D eigenvalue weighted by Crippen LogP contribution is -2.33. The van der Waals surface area contributed by atoms with Gasteiger partial charge in [-0.05, 0) is 44.4 Å². The topological polar surface area (TPSA) is 156 Å². The summed E-state index contributed by atoms with van der Waals surface area (Å²) in [5.41, 5.74) is 1.61. The molecule has 206 valence electrons. The number of para-hydroxylation sites is 1. The SMILES string of the molecule is COc1cccc(OC)c1-n1c(NS(=O)(=O)[C@@H](C)[C@H](OC)c2ncc(C)cn2)nnc1-c1cc(C2CC2)on1. The molecule has 0 unspecified atom stereocenters. The largest absolute Gasteiger partial charge is 0.494 e. The molecule has 1 aromatic carbocycles. The molecule has 39 heavy (non-hydrogen) atoms. The molecule has 3 heterocycles. The fraction of sp³-hybridized carbons (Fsp3) is 0.400. The number of aromatic nitrogens is 6. The lowest BCUT2D eigenvalue weighted by atomic mass is 10.2. The number of nitrogens with one attached hydrogen (secondary N) is 1. The predicted octanol–water partition coefficient (Wildman–Crippen LogP) is 3.43. The predicted molar refractivity (Wildman–Crippen MR) is 140 cm³/mol. The van der Waals surface area contributed by atoms with Crippen LogP contribution in [0.15, 0.2) is 41.2 Å². The molecule has 5 rings (SSSR count). The van der Waals surface area contributed by atoms with Crippen molar-refractivity contribution >= 4 is 16.0 Å². The number of aryl methyl sites for hydroxylation is 1. The minimum absolute atomic E-state index is 0.102. The second kappa shape index (κ2) is 10.6. The fourth-order valence-corrected chi connectivity index (χ4v) is 5.31. The molecule has 0 bridgehead atoms. The fourth-order valence-electron chi connectivity index (χ4n) is 4.17. The van der Waals surface area contributed by atoms with E-state index >= 15 is 0 Å². The maximum Gasteiger partial charge on any atom is 0.243 e. The molecule has 0 radical (unpaired) electrons. The number of hydrogen-bond donors (Lipinski definition) is 1. The van der Waals surface area contributed by atoms with Crippen molar-refractivity contribution in [3.63, 3.8) is 0 Å². The van der Waals surface area contributed by atoms with Gasteiger partial charge in [-0.25, -0.2) is 18.4 Å². The summed E-state index contributed by atoms with van der Waals surface area (Å²) in [6.45, 7) is 3.34. The Kier molecular flexibility index (Phi) is 7.23. The smallest absolute Gasteiger partial charge is 0.243 e. The molecular weight excluding hydrogens is 526 g/mol. The van der Waals surface area contributed by atoms with Crippen LogP contribution < -0.4 is 14.2 Å². The molecule has 4 aromatic rings. The number of rotatable bonds is 11. The van der Waals surface area contributed by atoms with Gasteiger partial charge >= 0.3 is 0 Å². The third kappa shape index (κ3) is 5.16. The van der Waals surface area contributed by atoms with Crippen LogP contribution in [-0.4, -0.2) is 64.9 Å². The summed E-state index contributed by atoms with van der Waals surface area (Å²) in [4.78, 5) is 8.51. The van der Waals surface area contributed by atoms with Gasteiger partial charge in [0.25, 0.3) is 0 Å². The van der Waals surface area contributed by atoms with Gasteiger partial charge in [-0.3, -0.25) is 9.29 Å². The van der Waals surface area contributed by atoms with Crippen LogP contribution in [0.3, 0.4) is 0 Å². The molecule has 1 aliphatic rings. The Morgan fingerprint density at radius 3 is 2.33 bits per heavy atom. The van der Waals surface area contributed by atoms with Gasteiger partial charge in [0.05, 0.1) is 14.2 Å². The van der Waals surface area contributed by atoms with E-state index in [0.717, 1.165) is 24.2 Å². The van der Waals surface area contributed by atoms with Gasteiger partial charge in [0.15, 0.2) is 17.3 Å². The van der Waals surface area contributed by atoms with E-state index in [2.05, 4.69) is 30.0 Å². The third-order valence-corrected chi connectivity index (χ3v) is 8.18. The normalized spacial score (nSPS) is 15.1. The average Bonchev–Trinajstić information content (AvgIpc) is 3.53. The Morgan fingerprint density at radius 2 is 1.74 bits per heavy atom. The van der Waals surface area contributed by atoms with Crippen LogP contribution in [0.5, 0.6) is 11.5 Å². The Labute approximate surface area is 225 Å². The number of ether oxygens (including phenoxy) is 3. The average molecular weight is 556 g/mol. The van der Waals surface area contributed by atoms with Crippen LogP contribution in [0, 0.1) is 6.92 Å². The quantitative estimate of drug-likeness (QED) is 0.289. The van der Waals surface area contributed by atoms with Crippen LogP contribution in [0.2, 0.25) is 0 Å². The van der Waals surface area contributed by atoms with Gasteiger partial charge in [-0.1, -0.05) is 11.2 Å². The molecule has 0 saturated heterocycles. The van der Waals surface area contributed by atoms with Crippen LogP contribution in [0.25, 0.3) is 17.2 Å². The summed E-state index contributed by atoms with van der Waals surface area (Å²) >= 11 is 0. The highest BCUT2D eigenvalue weighted by atomic mass is 32.2.